The zero-order chi connectivity index (χ0) is 10.8. The van der Waals surface area contributed by atoms with Crippen molar-refractivity contribution in [3.63, 3.8) is 0 Å². The molecule has 4 saturated carbocycles. The lowest BCUT2D eigenvalue weighted by atomic mass is 9.47. The second kappa shape index (κ2) is 3.25. The first-order valence-corrected chi connectivity index (χ1v) is 7.50. The second-order valence-corrected chi connectivity index (χ2v) is 7.17. The molecule has 0 aromatic heterocycles. The fourth-order valence-corrected chi connectivity index (χ4v) is 6.19. The van der Waals surface area contributed by atoms with Gasteiger partial charge in [-0.25, -0.2) is 0 Å². The first-order valence-electron chi connectivity index (χ1n) is 7.50. The maximum Gasteiger partial charge on any atom is 0.0263 e. The van der Waals surface area contributed by atoms with Crippen LogP contribution in [0.4, 0.5) is 0 Å². The first kappa shape index (κ1) is 9.94. The van der Waals surface area contributed by atoms with Gasteiger partial charge in [0.2, 0.25) is 0 Å². The van der Waals surface area contributed by atoms with E-state index in [0.29, 0.717) is 5.54 Å². The van der Waals surface area contributed by atoms with Crippen LogP contribution in [0.25, 0.3) is 0 Å². The molecule has 4 bridgehead atoms. The van der Waals surface area contributed by atoms with Gasteiger partial charge in [-0.3, -0.25) is 0 Å². The minimum absolute atomic E-state index is 0.672. The van der Waals surface area contributed by atoms with E-state index >= 15 is 0 Å². The Bertz CT molecular complexity index is 268. The van der Waals surface area contributed by atoms with Crippen LogP contribution in [0.1, 0.15) is 51.4 Å². The largest absolute Gasteiger partial charge is 0.300 e. The van der Waals surface area contributed by atoms with Crippen LogP contribution in [0.2, 0.25) is 0 Å². The average Bonchev–Trinajstić information content (AvgIpc) is 2.27. The van der Waals surface area contributed by atoms with Crippen molar-refractivity contribution < 1.29 is 0 Å². The van der Waals surface area contributed by atoms with Crippen LogP contribution < -0.4 is 0 Å². The third kappa shape index (κ3) is 1.11. The molecule has 5 fully saturated rings. The molecule has 0 radical (unpaired) electrons. The fourth-order valence-electron chi connectivity index (χ4n) is 6.19. The second-order valence-electron chi connectivity index (χ2n) is 7.17. The molecule has 0 N–H and O–H groups in total. The van der Waals surface area contributed by atoms with Crippen molar-refractivity contribution in [3.8, 4) is 0 Å². The van der Waals surface area contributed by atoms with Gasteiger partial charge in [-0.1, -0.05) is 6.42 Å². The SMILES string of the molecule is CN1CCCCC12[C@H]1C[C@H]3C[C@H](C1)C[C@H]2C3. The van der Waals surface area contributed by atoms with Gasteiger partial charge < -0.3 is 4.90 Å². The summed E-state index contributed by atoms with van der Waals surface area (Å²) in [6.07, 6.45) is 12.4. The zero-order valence-electron chi connectivity index (χ0n) is 10.6. The van der Waals surface area contributed by atoms with Gasteiger partial charge in [0.05, 0.1) is 0 Å². The van der Waals surface area contributed by atoms with Crippen molar-refractivity contribution in [1.29, 1.82) is 0 Å². The van der Waals surface area contributed by atoms with Crippen LogP contribution in [-0.2, 0) is 0 Å². The molecule has 5 rings (SSSR count). The minimum Gasteiger partial charge on any atom is -0.300 e. The van der Waals surface area contributed by atoms with E-state index in [4.69, 9.17) is 0 Å². The number of rotatable bonds is 0. The summed E-state index contributed by atoms with van der Waals surface area (Å²) in [4.78, 5) is 2.80. The summed E-state index contributed by atoms with van der Waals surface area (Å²) in [6, 6.07) is 0. The number of likely N-dealkylation sites (tertiary alicyclic amines) is 1. The van der Waals surface area contributed by atoms with E-state index in [1.807, 2.05) is 0 Å². The van der Waals surface area contributed by atoms with E-state index in [1.165, 1.54) is 25.8 Å². The van der Waals surface area contributed by atoms with Crippen LogP contribution in [0.5, 0.6) is 0 Å². The van der Waals surface area contributed by atoms with E-state index < -0.39 is 0 Å². The quantitative estimate of drug-likeness (QED) is 0.604. The molecular formula is C15H25N. The molecule has 1 nitrogen and oxygen atoms in total. The highest BCUT2D eigenvalue weighted by Crippen LogP contribution is 2.62. The summed E-state index contributed by atoms with van der Waals surface area (Å²) in [5.41, 5.74) is 0.672. The number of nitrogens with zero attached hydrogens (tertiary/aromatic N) is 1. The zero-order valence-corrected chi connectivity index (χ0v) is 10.6. The van der Waals surface area contributed by atoms with Crippen molar-refractivity contribution in [3.05, 3.63) is 0 Å². The monoisotopic (exact) mass is 219 g/mol. The Morgan fingerprint density at radius 1 is 0.875 bits per heavy atom. The summed E-state index contributed by atoms with van der Waals surface area (Å²) in [5.74, 6) is 4.41. The fraction of sp³-hybridized carbons (Fsp3) is 1.00. The van der Waals surface area contributed by atoms with Crippen molar-refractivity contribution in [1.82, 2.24) is 4.90 Å². The molecule has 16 heavy (non-hydrogen) atoms. The summed E-state index contributed by atoms with van der Waals surface area (Å²) >= 11 is 0. The lowest BCUT2D eigenvalue weighted by Gasteiger charge is -2.65. The highest BCUT2D eigenvalue weighted by atomic mass is 15.2. The van der Waals surface area contributed by atoms with Crippen LogP contribution in [0.15, 0.2) is 0 Å². The van der Waals surface area contributed by atoms with Crippen molar-refractivity contribution in [2.75, 3.05) is 13.6 Å². The molecule has 1 saturated heterocycles. The highest BCUT2D eigenvalue weighted by Gasteiger charge is 2.58. The van der Waals surface area contributed by atoms with Crippen LogP contribution in [0.3, 0.4) is 0 Å². The topological polar surface area (TPSA) is 3.24 Å². The summed E-state index contributed by atoms with van der Waals surface area (Å²) in [5, 5.41) is 0. The van der Waals surface area contributed by atoms with Crippen LogP contribution in [-0.4, -0.2) is 24.0 Å². The van der Waals surface area contributed by atoms with Gasteiger partial charge in [-0.15, -0.1) is 0 Å². The molecule has 0 atom stereocenters. The molecule has 0 aromatic rings. The number of piperidine rings is 1. The van der Waals surface area contributed by atoms with Gasteiger partial charge in [-0.05, 0) is 82.2 Å². The standard InChI is InChI=1S/C15H25N/c1-16-5-3-2-4-15(16)13-7-11-6-12(9-13)10-14(15)8-11/h11-14H,2-10H2,1H3/t11-,12-,13-,14+,15?. The molecule has 1 aliphatic heterocycles. The third-order valence-corrected chi connectivity index (χ3v) is 6.58. The van der Waals surface area contributed by atoms with Crippen LogP contribution in [0, 0.1) is 23.7 Å². The molecule has 1 heteroatoms. The van der Waals surface area contributed by atoms with Gasteiger partial charge in [0.1, 0.15) is 0 Å². The van der Waals surface area contributed by atoms with Crippen molar-refractivity contribution >= 4 is 0 Å². The van der Waals surface area contributed by atoms with E-state index in [0.717, 1.165) is 23.7 Å². The maximum absolute atomic E-state index is 2.80. The van der Waals surface area contributed by atoms with E-state index in [2.05, 4.69) is 11.9 Å². The van der Waals surface area contributed by atoms with Crippen LogP contribution >= 0.6 is 0 Å². The Morgan fingerprint density at radius 2 is 1.50 bits per heavy atom. The van der Waals surface area contributed by atoms with Gasteiger partial charge in [0, 0.05) is 5.54 Å². The number of hydrogen-bond acceptors (Lipinski definition) is 1. The molecule has 0 aromatic carbocycles. The Labute approximate surface area is 99.6 Å². The molecular weight excluding hydrogens is 194 g/mol. The Morgan fingerprint density at radius 3 is 2.06 bits per heavy atom. The van der Waals surface area contributed by atoms with Gasteiger partial charge >= 0.3 is 0 Å². The van der Waals surface area contributed by atoms with E-state index in [1.54, 1.807) is 32.1 Å². The molecule has 1 spiro atoms. The van der Waals surface area contributed by atoms with Crippen molar-refractivity contribution in [2.24, 2.45) is 23.7 Å². The molecule has 0 unspecified atom stereocenters. The molecule has 1 heterocycles. The Kier molecular flexibility index (Phi) is 2.02. The first-order chi connectivity index (χ1) is 7.79. The lowest BCUT2D eigenvalue weighted by molar-refractivity contribution is -0.143. The van der Waals surface area contributed by atoms with E-state index in [-0.39, 0.29) is 0 Å². The number of hydrogen-bond donors (Lipinski definition) is 0. The molecule has 4 aliphatic carbocycles. The molecule has 5 aliphatic rings. The summed E-state index contributed by atoms with van der Waals surface area (Å²) in [7, 11) is 2.43. The predicted molar refractivity (Wildman–Crippen MR) is 66.3 cm³/mol. The third-order valence-electron chi connectivity index (χ3n) is 6.58. The van der Waals surface area contributed by atoms with Gasteiger partial charge in [-0.2, -0.15) is 0 Å². The summed E-state index contributed by atoms with van der Waals surface area (Å²) < 4.78 is 0. The maximum atomic E-state index is 2.80. The normalized spacial score (nSPS) is 56.1. The highest BCUT2D eigenvalue weighted by molar-refractivity contribution is 5.12. The minimum atomic E-state index is 0.672. The molecule has 90 valence electrons. The molecule has 0 amide bonds. The Hall–Kier alpha value is -0.0400. The predicted octanol–water partition coefficient (Wildman–Crippen LogP) is 3.30. The van der Waals surface area contributed by atoms with Gasteiger partial charge in [0.15, 0.2) is 0 Å². The summed E-state index contributed by atoms with van der Waals surface area (Å²) in [6.45, 7) is 1.38. The van der Waals surface area contributed by atoms with Crippen molar-refractivity contribution in [2.45, 2.75) is 56.9 Å². The van der Waals surface area contributed by atoms with E-state index in [9.17, 15) is 0 Å². The van der Waals surface area contributed by atoms with Gasteiger partial charge in [0.25, 0.3) is 0 Å². The average molecular weight is 219 g/mol. The lowest BCUT2D eigenvalue weighted by Crippen LogP contribution is -2.66. The smallest absolute Gasteiger partial charge is 0.0263 e. The Balaban J connectivity index is 1.72.